The van der Waals surface area contributed by atoms with Crippen LogP contribution in [-0.2, 0) is 0 Å². The number of alkyl halides is 3. The van der Waals surface area contributed by atoms with E-state index in [-0.39, 0.29) is 18.1 Å². The van der Waals surface area contributed by atoms with Crippen molar-refractivity contribution in [2.24, 2.45) is 5.92 Å². The minimum Gasteiger partial charge on any atom is -0.353 e. The predicted molar refractivity (Wildman–Crippen MR) is 58.0 cm³/mol. The molecule has 2 rings (SSSR count). The molecule has 3 nitrogen and oxygen atoms in total. The summed E-state index contributed by atoms with van der Waals surface area (Å²) in [5.41, 5.74) is 0. The van der Waals surface area contributed by atoms with Crippen molar-refractivity contribution in [3.63, 3.8) is 0 Å². The van der Waals surface area contributed by atoms with Crippen molar-refractivity contribution in [1.29, 1.82) is 0 Å². The van der Waals surface area contributed by atoms with E-state index in [4.69, 9.17) is 11.6 Å². The number of hydrogen-bond acceptors (Lipinski definition) is 3. The fourth-order valence-electron chi connectivity index (χ4n) is 1.96. The fourth-order valence-corrected chi connectivity index (χ4v) is 2.19. The van der Waals surface area contributed by atoms with E-state index >= 15 is 0 Å². The molecule has 1 saturated heterocycles. The van der Waals surface area contributed by atoms with Crippen molar-refractivity contribution in [3.05, 3.63) is 17.5 Å². The molecule has 0 unspecified atom stereocenters. The molecule has 94 valence electrons. The molecular formula is C10H11ClF3N3. The predicted octanol–water partition coefficient (Wildman–Crippen LogP) is 2.91. The molecule has 0 N–H and O–H groups in total. The van der Waals surface area contributed by atoms with Crippen LogP contribution in [0.1, 0.15) is 12.8 Å². The van der Waals surface area contributed by atoms with E-state index in [1.807, 2.05) is 0 Å². The summed E-state index contributed by atoms with van der Waals surface area (Å²) >= 11 is 5.82. The zero-order valence-corrected chi connectivity index (χ0v) is 9.67. The van der Waals surface area contributed by atoms with E-state index < -0.39 is 12.1 Å². The molecule has 1 aliphatic heterocycles. The Labute approximate surface area is 102 Å². The third kappa shape index (κ3) is 2.80. The number of halogens is 4. The number of rotatable bonds is 1. The maximum Gasteiger partial charge on any atom is 0.393 e. The lowest BCUT2D eigenvalue weighted by atomic mass is 9.97. The average molecular weight is 266 g/mol. The molecule has 17 heavy (non-hydrogen) atoms. The van der Waals surface area contributed by atoms with Crippen molar-refractivity contribution in [2.45, 2.75) is 19.0 Å². The highest BCUT2D eigenvalue weighted by Crippen LogP contribution is 2.35. The third-order valence-electron chi connectivity index (χ3n) is 2.82. The largest absolute Gasteiger partial charge is 0.393 e. The van der Waals surface area contributed by atoms with Crippen LogP contribution < -0.4 is 4.90 Å². The van der Waals surface area contributed by atoms with E-state index in [9.17, 15) is 13.2 Å². The lowest BCUT2D eigenvalue weighted by Crippen LogP contribution is -2.42. The highest BCUT2D eigenvalue weighted by molar-refractivity contribution is 6.31. The van der Waals surface area contributed by atoms with Gasteiger partial charge in [-0.15, -0.1) is 0 Å². The molecule has 0 bridgehead atoms. The van der Waals surface area contributed by atoms with Crippen molar-refractivity contribution in [1.82, 2.24) is 9.97 Å². The summed E-state index contributed by atoms with van der Waals surface area (Å²) in [5.74, 6) is -0.975. The van der Waals surface area contributed by atoms with Gasteiger partial charge in [-0.1, -0.05) is 11.6 Å². The van der Waals surface area contributed by atoms with Gasteiger partial charge in [0, 0.05) is 25.5 Å². The van der Waals surface area contributed by atoms with Gasteiger partial charge < -0.3 is 4.90 Å². The van der Waals surface area contributed by atoms with Crippen LogP contribution in [-0.4, -0.2) is 29.2 Å². The number of piperidine rings is 1. The highest BCUT2D eigenvalue weighted by Gasteiger charge is 2.42. The summed E-state index contributed by atoms with van der Waals surface area (Å²) in [6, 6.07) is 0. The molecule has 1 aliphatic rings. The van der Waals surface area contributed by atoms with Crippen LogP contribution in [0.5, 0.6) is 0 Å². The van der Waals surface area contributed by atoms with E-state index in [1.54, 1.807) is 4.90 Å². The first-order chi connectivity index (χ1) is 7.98. The Kier molecular flexibility index (Phi) is 3.42. The van der Waals surface area contributed by atoms with Crippen LogP contribution in [0.2, 0.25) is 5.15 Å². The second-order valence-corrected chi connectivity index (χ2v) is 4.36. The minimum atomic E-state index is -4.16. The highest BCUT2D eigenvalue weighted by atomic mass is 35.5. The molecule has 1 atom stereocenters. The lowest BCUT2D eigenvalue weighted by Gasteiger charge is -2.34. The van der Waals surface area contributed by atoms with Gasteiger partial charge in [0.05, 0.1) is 5.92 Å². The summed E-state index contributed by atoms with van der Waals surface area (Å²) in [6.07, 6.45) is -0.669. The molecule has 2 heterocycles. The van der Waals surface area contributed by atoms with Gasteiger partial charge in [0.15, 0.2) is 11.0 Å². The van der Waals surface area contributed by atoms with Crippen molar-refractivity contribution in [2.75, 3.05) is 18.0 Å². The van der Waals surface area contributed by atoms with Gasteiger partial charge in [0.1, 0.15) is 0 Å². The molecule has 0 spiro atoms. The van der Waals surface area contributed by atoms with Gasteiger partial charge in [0.2, 0.25) is 0 Å². The Morgan fingerprint density at radius 3 is 2.65 bits per heavy atom. The van der Waals surface area contributed by atoms with E-state index in [2.05, 4.69) is 9.97 Å². The van der Waals surface area contributed by atoms with E-state index in [1.165, 1.54) is 12.4 Å². The van der Waals surface area contributed by atoms with Crippen molar-refractivity contribution in [3.8, 4) is 0 Å². The first-order valence-electron chi connectivity index (χ1n) is 5.26. The monoisotopic (exact) mass is 265 g/mol. The van der Waals surface area contributed by atoms with Gasteiger partial charge in [0.25, 0.3) is 0 Å². The van der Waals surface area contributed by atoms with Crippen molar-refractivity contribution >= 4 is 17.4 Å². The second kappa shape index (κ2) is 4.68. The molecule has 1 aromatic heterocycles. The first-order valence-corrected chi connectivity index (χ1v) is 5.64. The van der Waals surface area contributed by atoms with Crippen LogP contribution in [0.4, 0.5) is 19.0 Å². The van der Waals surface area contributed by atoms with Crippen molar-refractivity contribution < 1.29 is 13.2 Å². The lowest BCUT2D eigenvalue weighted by molar-refractivity contribution is -0.176. The SMILES string of the molecule is FC(F)(F)[C@H]1CCCN(c2nccnc2Cl)C1. The molecule has 0 aliphatic carbocycles. The van der Waals surface area contributed by atoms with Gasteiger partial charge >= 0.3 is 6.18 Å². The fraction of sp³-hybridized carbons (Fsp3) is 0.600. The minimum absolute atomic E-state index is 0.0953. The molecule has 0 aromatic carbocycles. The van der Waals surface area contributed by atoms with E-state index in [0.29, 0.717) is 18.8 Å². The Balaban J connectivity index is 2.15. The number of aromatic nitrogens is 2. The Morgan fingerprint density at radius 1 is 1.29 bits per heavy atom. The topological polar surface area (TPSA) is 29.0 Å². The number of anilines is 1. The maximum absolute atomic E-state index is 12.6. The summed E-state index contributed by atoms with van der Waals surface area (Å²) in [7, 11) is 0. The molecule has 1 aromatic rings. The number of nitrogens with zero attached hydrogens (tertiary/aromatic N) is 3. The smallest absolute Gasteiger partial charge is 0.353 e. The molecule has 0 radical (unpaired) electrons. The molecular weight excluding hydrogens is 255 g/mol. The van der Waals surface area contributed by atoms with Gasteiger partial charge in [-0.3, -0.25) is 0 Å². The second-order valence-electron chi connectivity index (χ2n) is 4.00. The normalized spacial score (nSPS) is 21.6. The summed E-state index contributed by atoms with van der Waals surface area (Å²) in [4.78, 5) is 9.36. The zero-order chi connectivity index (χ0) is 12.5. The Morgan fingerprint density at radius 2 is 2.00 bits per heavy atom. The van der Waals surface area contributed by atoms with Crippen LogP contribution in [0.15, 0.2) is 12.4 Å². The quantitative estimate of drug-likeness (QED) is 0.782. The van der Waals surface area contributed by atoms with E-state index in [0.717, 1.165) is 0 Å². The zero-order valence-electron chi connectivity index (χ0n) is 8.91. The van der Waals surface area contributed by atoms with Crippen LogP contribution in [0.3, 0.4) is 0 Å². The Bertz CT molecular complexity index is 397. The number of hydrogen-bond donors (Lipinski definition) is 0. The molecule has 0 amide bonds. The molecule has 0 saturated carbocycles. The average Bonchev–Trinajstić information content (AvgIpc) is 2.29. The standard InChI is InChI=1S/C10H11ClF3N3/c11-8-9(16-4-3-15-8)17-5-1-2-7(6-17)10(12,13)14/h3-4,7H,1-2,5-6H2/t7-/m0/s1. The van der Waals surface area contributed by atoms with Gasteiger partial charge in [-0.2, -0.15) is 13.2 Å². The summed E-state index contributed by atoms with van der Waals surface area (Å²) < 4.78 is 37.9. The Hall–Kier alpha value is -1.04. The van der Waals surface area contributed by atoms with Crippen LogP contribution in [0, 0.1) is 5.92 Å². The molecule has 1 fully saturated rings. The van der Waals surface area contributed by atoms with Crippen LogP contribution in [0.25, 0.3) is 0 Å². The van der Waals surface area contributed by atoms with Gasteiger partial charge in [-0.05, 0) is 12.8 Å². The maximum atomic E-state index is 12.6. The van der Waals surface area contributed by atoms with Gasteiger partial charge in [-0.25, -0.2) is 9.97 Å². The first kappa shape index (κ1) is 12.4. The molecule has 7 heteroatoms. The summed E-state index contributed by atoms with van der Waals surface area (Å²) in [5, 5.41) is 0.148. The third-order valence-corrected chi connectivity index (χ3v) is 3.09. The summed E-state index contributed by atoms with van der Waals surface area (Å²) in [6.45, 7) is 0.437. The van der Waals surface area contributed by atoms with Crippen LogP contribution >= 0.6 is 11.6 Å².